The van der Waals surface area contributed by atoms with Gasteiger partial charge in [-0.1, -0.05) is 26.5 Å². The van der Waals surface area contributed by atoms with Crippen LogP contribution in [0.5, 0.6) is 0 Å². The molecule has 0 saturated carbocycles. The van der Waals surface area contributed by atoms with Gasteiger partial charge >= 0.3 is 59.1 Å². The third-order valence-electron chi connectivity index (χ3n) is 9.71. The van der Waals surface area contributed by atoms with Crippen molar-refractivity contribution in [1.29, 1.82) is 0 Å². The van der Waals surface area contributed by atoms with Crippen LogP contribution in [0.4, 0.5) is 0 Å². The van der Waals surface area contributed by atoms with Crippen LogP contribution in [0.15, 0.2) is 29.5 Å². The van der Waals surface area contributed by atoms with Gasteiger partial charge in [-0.25, -0.2) is 0 Å². The Morgan fingerprint density at radius 3 is 2.29 bits per heavy atom. The average molecular weight is 633 g/mol. The first-order valence-corrected chi connectivity index (χ1v) is 14.9. The van der Waals surface area contributed by atoms with Gasteiger partial charge in [0.1, 0.15) is 0 Å². The molecule has 3 aliphatic rings. The van der Waals surface area contributed by atoms with Crippen molar-refractivity contribution in [3.63, 3.8) is 0 Å². The first-order valence-electron chi connectivity index (χ1n) is 14.9. The Morgan fingerprint density at radius 1 is 1.00 bits per heavy atom. The molecule has 1 amide bonds. The third kappa shape index (κ3) is 6.73. The number of Topliss-reactive ketones (excluding diaryl/α,β-unsaturated/α-hetero) is 1. The number of hydrogen-bond donors (Lipinski definition) is 4. The Kier molecular flexibility index (Phi) is 12.1. The number of rotatable bonds is 10. The molecule has 2 aromatic rings. The smallest absolute Gasteiger partial charge is 0.550 e. The molecule has 4 atom stereocenters. The molecule has 4 N–H and O–H groups in total. The fraction of sp³-hybridized carbons (Fsp3) is 0.455. The number of carbonyl (C=O) groups is 4. The van der Waals surface area contributed by atoms with Crippen molar-refractivity contribution in [3.05, 3.63) is 74.5 Å². The Labute approximate surface area is 307 Å². The SMILES string of the molecule is C=CC1=C(C)C(=O)NC1Cc1[nH]c(Cc2[nH]c3c(c2C)C(=O)C/C3=C2\NC(C(=O)[O-])C(C)C2CCC(=O)[O-])c(CC)c1C.[Na+].[Na+]. The number of carboxylic acid groups (broad SMARTS) is 2. The molecule has 2 aliphatic heterocycles. The number of amides is 1. The molecular weight excluding hydrogens is 594 g/mol. The Balaban J connectivity index is 0.00000276. The average Bonchev–Trinajstić information content (AvgIpc) is 3.69. The topological polar surface area (TPSA) is 170 Å². The normalized spacial score (nSPS) is 23.8. The molecule has 45 heavy (non-hydrogen) atoms. The van der Waals surface area contributed by atoms with Crippen molar-refractivity contribution in [1.82, 2.24) is 20.6 Å². The maximum absolute atomic E-state index is 13.3. The van der Waals surface area contributed by atoms with E-state index in [1.807, 2.05) is 6.92 Å². The molecule has 1 aliphatic carbocycles. The molecule has 4 heterocycles. The number of carbonyl (C=O) groups excluding carboxylic acids is 4. The minimum Gasteiger partial charge on any atom is -0.550 e. The predicted octanol–water partition coefficient (Wildman–Crippen LogP) is -4.53. The van der Waals surface area contributed by atoms with Crippen LogP contribution < -0.4 is 80.0 Å². The van der Waals surface area contributed by atoms with E-state index in [0.29, 0.717) is 40.9 Å². The Hall–Kier alpha value is -2.34. The van der Waals surface area contributed by atoms with Crippen LogP contribution in [-0.4, -0.2) is 45.7 Å². The number of aromatic amines is 2. The van der Waals surface area contributed by atoms with Gasteiger partial charge in [0.25, 0.3) is 0 Å². The number of aliphatic carboxylic acids is 2. The van der Waals surface area contributed by atoms with Gasteiger partial charge < -0.3 is 40.4 Å². The van der Waals surface area contributed by atoms with E-state index in [0.717, 1.165) is 40.2 Å². The molecule has 12 heteroatoms. The van der Waals surface area contributed by atoms with Gasteiger partial charge in [-0.15, -0.1) is 0 Å². The maximum Gasteiger partial charge on any atom is 1.00 e. The molecule has 0 bridgehead atoms. The van der Waals surface area contributed by atoms with Crippen LogP contribution in [-0.2, 0) is 33.6 Å². The Bertz CT molecular complexity index is 1630. The number of aromatic nitrogens is 2. The molecule has 0 radical (unpaired) electrons. The van der Waals surface area contributed by atoms with Crippen LogP contribution in [0.2, 0.25) is 0 Å². The van der Waals surface area contributed by atoms with Crippen molar-refractivity contribution >= 4 is 29.2 Å². The van der Waals surface area contributed by atoms with E-state index in [1.165, 1.54) is 5.56 Å². The number of ketones is 1. The van der Waals surface area contributed by atoms with E-state index < -0.39 is 29.8 Å². The largest absolute Gasteiger partial charge is 1.00 e. The van der Waals surface area contributed by atoms with Gasteiger partial charge in [0.05, 0.1) is 23.7 Å². The van der Waals surface area contributed by atoms with Crippen LogP contribution in [0.3, 0.4) is 0 Å². The molecule has 228 valence electrons. The minimum atomic E-state index is -1.26. The number of carboxylic acids is 2. The number of H-pyrrole nitrogens is 2. The van der Waals surface area contributed by atoms with Crippen molar-refractivity contribution in [2.75, 3.05) is 0 Å². The summed E-state index contributed by atoms with van der Waals surface area (Å²) in [6, 6.07) is -1.14. The summed E-state index contributed by atoms with van der Waals surface area (Å²) in [5, 5.41) is 29.2. The molecule has 0 aromatic carbocycles. The van der Waals surface area contributed by atoms with Crippen molar-refractivity contribution in [2.45, 2.75) is 85.2 Å². The summed E-state index contributed by atoms with van der Waals surface area (Å²) in [5.41, 5.74) is 10.2. The molecule has 5 rings (SSSR count). The molecule has 2 aromatic heterocycles. The van der Waals surface area contributed by atoms with Gasteiger partial charge in [0, 0.05) is 70.6 Å². The van der Waals surface area contributed by atoms with E-state index in [4.69, 9.17) is 0 Å². The van der Waals surface area contributed by atoms with Gasteiger partial charge in [0.15, 0.2) is 5.78 Å². The summed E-state index contributed by atoms with van der Waals surface area (Å²) < 4.78 is 0. The summed E-state index contributed by atoms with van der Waals surface area (Å²) in [6.45, 7) is 13.5. The maximum atomic E-state index is 13.3. The number of hydrogen-bond acceptors (Lipinski definition) is 7. The second-order valence-corrected chi connectivity index (χ2v) is 12.0. The van der Waals surface area contributed by atoms with E-state index in [-0.39, 0.29) is 96.1 Å². The first kappa shape index (κ1) is 37.1. The fourth-order valence-electron chi connectivity index (χ4n) is 7.30. The number of fused-ring (bicyclic) bond motifs is 1. The zero-order valence-electron chi connectivity index (χ0n) is 27.3. The van der Waals surface area contributed by atoms with Crippen LogP contribution in [0.25, 0.3) is 5.57 Å². The third-order valence-corrected chi connectivity index (χ3v) is 9.71. The summed E-state index contributed by atoms with van der Waals surface area (Å²) in [7, 11) is 0. The number of nitrogens with one attached hydrogen (secondary N) is 4. The molecule has 1 saturated heterocycles. The monoisotopic (exact) mass is 632 g/mol. The first-order chi connectivity index (χ1) is 20.4. The summed E-state index contributed by atoms with van der Waals surface area (Å²) in [4.78, 5) is 55.8. The zero-order chi connectivity index (χ0) is 31.3. The van der Waals surface area contributed by atoms with Crippen molar-refractivity contribution < 1.29 is 88.5 Å². The molecule has 0 spiro atoms. The van der Waals surface area contributed by atoms with Crippen LogP contribution >= 0.6 is 0 Å². The quantitative estimate of drug-likeness (QED) is 0.191. The second kappa shape index (κ2) is 14.6. The van der Waals surface area contributed by atoms with E-state index in [9.17, 15) is 29.4 Å². The minimum absolute atomic E-state index is 0. The van der Waals surface area contributed by atoms with Gasteiger partial charge in [0.2, 0.25) is 5.91 Å². The molecule has 1 fully saturated rings. The van der Waals surface area contributed by atoms with E-state index in [2.05, 4.69) is 41.0 Å². The van der Waals surface area contributed by atoms with Gasteiger partial charge in [-0.3, -0.25) is 9.59 Å². The van der Waals surface area contributed by atoms with Crippen LogP contribution in [0.1, 0.15) is 89.9 Å². The molecule has 4 unspecified atom stereocenters. The van der Waals surface area contributed by atoms with Crippen molar-refractivity contribution in [3.8, 4) is 0 Å². The standard InChI is InChI=1S/C33H40N4O6.2Na/c1-7-18-14(3)22(12-25-19(8-2)16(5)32(41)36-25)34-24(18)13-23-17(6)28-26(38)11-21(31(28)35-23)30-20(9-10-27(39)40)15(4)29(37-30)33(42)43;;/h8,15,20,25,29,34-35,37H,2,7,9-13H2,1,3-6H3,(H,36,41)(H,39,40)(H,42,43);;/q;2*+1/p-2/b30-21+;;. The fourth-order valence-corrected chi connectivity index (χ4v) is 7.30. The second-order valence-electron chi connectivity index (χ2n) is 12.0. The van der Waals surface area contributed by atoms with Gasteiger partial charge in [-0.2, -0.15) is 0 Å². The summed E-state index contributed by atoms with van der Waals surface area (Å²) >= 11 is 0. The van der Waals surface area contributed by atoms with Gasteiger partial charge in [-0.05, 0) is 68.2 Å². The van der Waals surface area contributed by atoms with E-state index >= 15 is 0 Å². The molecular formula is C33H38N4Na2O6. The molecule has 10 nitrogen and oxygen atoms in total. The number of allylic oxidation sites excluding steroid dienone is 2. The predicted molar refractivity (Wildman–Crippen MR) is 156 cm³/mol. The summed E-state index contributed by atoms with van der Waals surface area (Å²) in [6.07, 6.45) is 3.76. The zero-order valence-corrected chi connectivity index (χ0v) is 31.3. The summed E-state index contributed by atoms with van der Waals surface area (Å²) in [5.74, 6) is -3.41. The van der Waals surface area contributed by atoms with E-state index in [1.54, 1.807) is 19.9 Å². The van der Waals surface area contributed by atoms with Crippen molar-refractivity contribution in [2.24, 2.45) is 11.8 Å². The Morgan fingerprint density at radius 2 is 1.69 bits per heavy atom. The van der Waals surface area contributed by atoms with Crippen LogP contribution in [0, 0.1) is 25.7 Å².